The van der Waals surface area contributed by atoms with Crippen LogP contribution in [0.4, 0.5) is 5.13 Å². The number of nitrogens with zero attached hydrogens (tertiary/aromatic N) is 1. The summed E-state index contributed by atoms with van der Waals surface area (Å²) in [6, 6.07) is 17.9. The maximum atomic E-state index is 11.9. The third-order valence-electron chi connectivity index (χ3n) is 3.93. The molecule has 1 heterocycles. The highest BCUT2D eigenvalue weighted by Gasteiger charge is 2.11. The zero-order valence-electron chi connectivity index (χ0n) is 14.8. The Morgan fingerprint density at radius 1 is 1.12 bits per heavy atom. The number of rotatable bonds is 8. The summed E-state index contributed by atoms with van der Waals surface area (Å²) >= 11 is 1.48. The van der Waals surface area contributed by atoms with Gasteiger partial charge in [0, 0.05) is 12.6 Å². The van der Waals surface area contributed by atoms with E-state index >= 15 is 0 Å². The highest BCUT2D eigenvalue weighted by Crippen LogP contribution is 2.32. The van der Waals surface area contributed by atoms with Crippen molar-refractivity contribution in [2.75, 3.05) is 5.32 Å². The van der Waals surface area contributed by atoms with E-state index in [2.05, 4.69) is 29.4 Å². The number of carbonyl (C=O) groups excluding carboxylic acids is 1. The Hall–Kier alpha value is -2.66. The van der Waals surface area contributed by atoms with Gasteiger partial charge >= 0.3 is 0 Å². The second kappa shape index (κ2) is 9.15. The van der Waals surface area contributed by atoms with E-state index in [0.29, 0.717) is 18.2 Å². The maximum absolute atomic E-state index is 11.9. The van der Waals surface area contributed by atoms with Crippen molar-refractivity contribution in [3.63, 3.8) is 0 Å². The molecule has 0 aliphatic heterocycles. The summed E-state index contributed by atoms with van der Waals surface area (Å²) in [6.45, 7) is 2.56. The van der Waals surface area contributed by atoms with Gasteiger partial charge in [-0.3, -0.25) is 4.79 Å². The largest absolute Gasteiger partial charge is 0.489 e. The van der Waals surface area contributed by atoms with E-state index in [1.165, 1.54) is 11.3 Å². The van der Waals surface area contributed by atoms with E-state index in [1.54, 1.807) is 6.20 Å². The van der Waals surface area contributed by atoms with Gasteiger partial charge in [-0.25, -0.2) is 4.98 Å². The molecule has 0 aliphatic rings. The molecular formula is C21H22N2O2S. The summed E-state index contributed by atoms with van der Waals surface area (Å²) in [4.78, 5) is 17.2. The molecule has 0 atom stereocenters. The van der Waals surface area contributed by atoms with Crippen LogP contribution in [0.5, 0.6) is 5.75 Å². The van der Waals surface area contributed by atoms with Gasteiger partial charge in [0.2, 0.25) is 5.91 Å². The van der Waals surface area contributed by atoms with Crippen molar-refractivity contribution in [3.8, 4) is 16.2 Å². The number of hydrogen-bond acceptors (Lipinski definition) is 4. The minimum absolute atomic E-state index is 0.0217. The number of anilines is 1. The first kappa shape index (κ1) is 18.1. The van der Waals surface area contributed by atoms with Crippen LogP contribution in [0.15, 0.2) is 60.8 Å². The average Bonchev–Trinajstić information content (AvgIpc) is 3.14. The number of benzene rings is 2. The monoisotopic (exact) mass is 366 g/mol. The minimum Gasteiger partial charge on any atom is -0.489 e. The van der Waals surface area contributed by atoms with Crippen molar-refractivity contribution < 1.29 is 9.53 Å². The lowest BCUT2D eigenvalue weighted by Gasteiger charge is -2.09. The number of ether oxygens (including phenoxy) is 1. The van der Waals surface area contributed by atoms with Crippen molar-refractivity contribution in [1.29, 1.82) is 0 Å². The third kappa shape index (κ3) is 4.92. The Bertz CT molecular complexity index is 846. The molecule has 0 bridgehead atoms. The molecule has 0 spiro atoms. The molecule has 26 heavy (non-hydrogen) atoms. The lowest BCUT2D eigenvalue weighted by Crippen LogP contribution is -2.10. The van der Waals surface area contributed by atoms with Gasteiger partial charge in [-0.1, -0.05) is 67.1 Å². The normalized spacial score (nSPS) is 10.5. The predicted octanol–water partition coefficient (Wildman–Crippen LogP) is 5.52. The lowest BCUT2D eigenvalue weighted by molar-refractivity contribution is -0.116. The number of carbonyl (C=O) groups is 1. The van der Waals surface area contributed by atoms with Crippen LogP contribution in [-0.2, 0) is 11.4 Å². The summed E-state index contributed by atoms with van der Waals surface area (Å²) < 4.78 is 5.88. The molecule has 3 rings (SSSR count). The molecule has 5 heteroatoms. The van der Waals surface area contributed by atoms with Gasteiger partial charge < -0.3 is 10.1 Å². The fourth-order valence-electron chi connectivity index (χ4n) is 2.54. The molecule has 0 saturated carbocycles. The zero-order valence-corrected chi connectivity index (χ0v) is 15.6. The molecule has 0 fully saturated rings. The molecule has 4 nitrogen and oxygen atoms in total. The molecule has 1 amide bonds. The number of thiazole rings is 1. The van der Waals surface area contributed by atoms with Crippen LogP contribution in [0.25, 0.3) is 10.4 Å². The van der Waals surface area contributed by atoms with Crippen LogP contribution in [-0.4, -0.2) is 10.9 Å². The number of amides is 1. The van der Waals surface area contributed by atoms with Crippen molar-refractivity contribution >= 4 is 22.4 Å². The zero-order chi connectivity index (χ0) is 18.2. The van der Waals surface area contributed by atoms with Gasteiger partial charge in [0.25, 0.3) is 0 Å². The van der Waals surface area contributed by atoms with E-state index in [0.717, 1.165) is 34.6 Å². The first-order valence-corrected chi connectivity index (χ1v) is 9.59. The van der Waals surface area contributed by atoms with Crippen molar-refractivity contribution in [1.82, 2.24) is 4.98 Å². The van der Waals surface area contributed by atoms with Gasteiger partial charge in [-0.05, 0) is 29.7 Å². The Balaban J connectivity index is 1.70. The van der Waals surface area contributed by atoms with E-state index in [9.17, 15) is 4.79 Å². The predicted molar refractivity (Wildman–Crippen MR) is 106 cm³/mol. The Labute approximate surface area is 157 Å². The molecule has 1 aromatic heterocycles. The summed E-state index contributed by atoms with van der Waals surface area (Å²) in [6.07, 6.45) is 4.24. The molecular weight excluding hydrogens is 344 g/mol. The van der Waals surface area contributed by atoms with Crippen molar-refractivity contribution in [2.24, 2.45) is 0 Å². The van der Waals surface area contributed by atoms with Crippen molar-refractivity contribution in [3.05, 3.63) is 66.4 Å². The molecule has 134 valence electrons. The molecule has 2 aromatic carbocycles. The van der Waals surface area contributed by atoms with Gasteiger partial charge in [-0.15, -0.1) is 0 Å². The van der Waals surface area contributed by atoms with E-state index in [1.807, 2.05) is 42.5 Å². The van der Waals surface area contributed by atoms with Crippen molar-refractivity contribution in [2.45, 2.75) is 32.8 Å². The summed E-state index contributed by atoms with van der Waals surface area (Å²) in [5, 5.41) is 3.52. The van der Waals surface area contributed by atoms with Gasteiger partial charge in [0.1, 0.15) is 12.4 Å². The van der Waals surface area contributed by atoms with Gasteiger partial charge in [0.05, 0.1) is 4.88 Å². The summed E-state index contributed by atoms with van der Waals surface area (Å²) in [7, 11) is 0. The third-order valence-corrected chi connectivity index (χ3v) is 4.88. The molecule has 0 unspecified atom stereocenters. The van der Waals surface area contributed by atoms with Crippen LogP contribution < -0.4 is 10.1 Å². The number of unbranched alkanes of at least 4 members (excludes halogenated alkanes) is 1. The smallest absolute Gasteiger partial charge is 0.226 e. The minimum atomic E-state index is 0.0217. The fraction of sp³-hybridized carbons (Fsp3) is 0.238. The number of hydrogen-bond donors (Lipinski definition) is 1. The quantitative estimate of drug-likeness (QED) is 0.571. The first-order valence-electron chi connectivity index (χ1n) is 8.78. The first-order chi connectivity index (χ1) is 12.8. The van der Waals surface area contributed by atoms with Crippen LogP contribution in [0.2, 0.25) is 0 Å². The van der Waals surface area contributed by atoms with Crippen LogP contribution >= 0.6 is 11.3 Å². The Kier molecular flexibility index (Phi) is 6.39. The van der Waals surface area contributed by atoms with Gasteiger partial charge in [-0.2, -0.15) is 0 Å². The Morgan fingerprint density at radius 2 is 1.88 bits per heavy atom. The second-order valence-electron chi connectivity index (χ2n) is 5.94. The van der Waals surface area contributed by atoms with Gasteiger partial charge in [0.15, 0.2) is 5.13 Å². The van der Waals surface area contributed by atoms with Crippen LogP contribution in [0.1, 0.15) is 31.7 Å². The summed E-state index contributed by atoms with van der Waals surface area (Å²) in [5.74, 6) is 0.865. The molecule has 0 saturated heterocycles. The summed E-state index contributed by atoms with van der Waals surface area (Å²) in [5.41, 5.74) is 2.17. The van der Waals surface area contributed by atoms with Crippen LogP contribution in [0, 0.1) is 0 Å². The average molecular weight is 366 g/mol. The number of para-hydroxylation sites is 1. The molecule has 1 N–H and O–H groups in total. The Morgan fingerprint density at radius 3 is 2.69 bits per heavy atom. The van der Waals surface area contributed by atoms with E-state index in [-0.39, 0.29) is 5.91 Å². The SMILES string of the molecule is CCCCC(=O)Nc1ncc(-c2ccccc2COc2ccccc2)s1. The fourth-order valence-corrected chi connectivity index (χ4v) is 3.43. The topological polar surface area (TPSA) is 51.2 Å². The standard InChI is InChI=1S/C21H22N2O2S/c1-2-3-13-20(24)23-21-22-14-19(26-21)18-12-8-7-9-16(18)15-25-17-10-5-4-6-11-17/h4-12,14H,2-3,13,15H2,1H3,(H,22,23,24). The highest BCUT2D eigenvalue weighted by atomic mass is 32.1. The molecule has 0 radical (unpaired) electrons. The van der Waals surface area contributed by atoms with E-state index < -0.39 is 0 Å². The number of nitrogens with one attached hydrogen (secondary N) is 1. The maximum Gasteiger partial charge on any atom is 0.226 e. The molecule has 3 aromatic rings. The second-order valence-corrected chi connectivity index (χ2v) is 6.97. The highest BCUT2D eigenvalue weighted by molar-refractivity contribution is 7.19. The van der Waals surface area contributed by atoms with Crippen LogP contribution in [0.3, 0.4) is 0 Å². The number of aromatic nitrogens is 1. The molecule has 0 aliphatic carbocycles. The lowest BCUT2D eigenvalue weighted by atomic mass is 10.1. The van der Waals surface area contributed by atoms with E-state index in [4.69, 9.17) is 4.74 Å².